The van der Waals surface area contributed by atoms with Crippen LogP contribution < -0.4 is 0 Å². The van der Waals surface area contributed by atoms with Crippen molar-refractivity contribution >= 4 is 6.21 Å². The zero-order valence-corrected chi connectivity index (χ0v) is 10.6. The van der Waals surface area contributed by atoms with Gasteiger partial charge in [-0.05, 0) is 5.56 Å². The van der Waals surface area contributed by atoms with Crippen molar-refractivity contribution in [2.24, 2.45) is 12.2 Å². The second-order valence-corrected chi connectivity index (χ2v) is 4.10. The van der Waals surface area contributed by atoms with Crippen molar-refractivity contribution in [1.82, 2.24) is 9.78 Å². The number of aryl methyl sites for hydroxylation is 1. The second-order valence-electron chi connectivity index (χ2n) is 4.10. The molecular formula is C13H12F3N3O. The molecule has 0 fully saturated rings. The summed E-state index contributed by atoms with van der Waals surface area (Å²) in [6, 6.07) is 9.20. The van der Waals surface area contributed by atoms with Crippen molar-refractivity contribution in [3.8, 4) is 0 Å². The van der Waals surface area contributed by atoms with E-state index in [-0.39, 0.29) is 12.2 Å². The first-order chi connectivity index (χ1) is 9.47. The van der Waals surface area contributed by atoms with Crippen LogP contribution in [-0.4, -0.2) is 16.0 Å². The minimum absolute atomic E-state index is 0.131. The Hall–Kier alpha value is -2.31. The standard InChI is InChI=1S/C13H12F3N3O/c1-19-8-11(12(18-19)13(14,15)16)7-17-20-9-10-5-3-2-4-6-10/h2-8H,9H2,1H3/b17-7+. The number of hydrogen-bond donors (Lipinski definition) is 0. The molecule has 0 spiro atoms. The topological polar surface area (TPSA) is 39.4 Å². The number of oxime groups is 1. The SMILES string of the molecule is Cn1cc(/C=N/OCc2ccccc2)c(C(F)(F)F)n1. The molecule has 2 aromatic rings. The molecule has 0 amide bonds. The molecule has 0 aliphatic rings. The number of benzene rings is 1. The molecule has 0 atom stereocenters. The monoisotopic (exact) mass is 283 g/mol. The van der Waals surface area contributed by atoms with E-state index >= 15 is 0 Å². The van der Waals surface area contributed by atoms with Crippen LogP contribution in [0.25, 0.3) is 0 Å². The average Bonchev–Trinajstić information content (AvgIpc) is 2.77. The van der Waals surface area contributed by atoms with Gasteiger partial charge in [-0.15, -0.1) is 0 Å². The smallest absolute Gasteiger partial charge is 0.391 e. The molecule has 0 unspecified atom stereocenters. The van der Waals surface area contributed by atoms with E-state index in [1.807, 2.05) is 30.3 Å². The molecule has 0 aliphatic carbocycles. The van der Waals surface area contributed by atoms with Crippen LogP contribution in [0.1, 0.15) is 16.8 Å². The van der Waals surface area contributed by atoms with Crippen LogP contribution in [0, 0.1) is 0 Å². The molecule has 1 aromatic heterocycles. The zero-order chi connectivity index (χ0) is 14.6. The van der Waals surface area contributed by atoms with Crippen molar-refractivity contribution in [3.63, 3.8) is 0 Å². The molecular weight excluding hydrogens is 271 g/mol. The molecule has 1 heterocycles. The van der Waals surface area contributed by atoms with E-state index in [0.717, 1.165) is 16.5 Å². The minimum atomic E-state index is -4.51. The Morgan fingerprint density at radius 1 is 1.30 bits per heavy atom. The van der Waals surface area contributed by atoms with Crippen molar-refractivity contribution in [2.45, 2.75) is 12.8 Å². The van der Waals surface area contributed by atoms with Gasteiger partial charge in [0.05, 0.1) is 6.21 Å². The highest BCUT2D eigenvalue weighted by molar-refractivity contribution is 5.80. The predicted octanol–water partition coefficient (Wildman–Crippen LogP) is 2.99. The summed E-state index contributed by atoms with van der Waals surface area (Å²) in [7, 11) is 1.41. The Morgan fingerprint density at radius 2 is 2.00 bits per heavy atom. The van der Waals surface area contributed by atoms with Gasteiger partial charge in [0, 0.05) is 18.8 Å². The van der Waals surface area contributed by atoms with Gasteiger partial charge in [0.25, 0.3) is 0 Å². The maximum atomic E-state index is 12.7. The molecule has 0 saturated heterocycles. The molecule has 20 heavy (non-hydrogen) atoms. The number of halogens is 3. The number of aromatic nitrogens is 2. The van der Waals surface area contributed by atoms with E-state index < -0.39 is 11.9 Å². The third kappa shape index (κ3) is 3.59. The van der Waals surface area contributed by atoms with Crippen LogP contribution in [-0.2, 0) is 24.7 Å². The second kappa shape index (κ2) is 5.77. The van der Waals surface area contributed by atoms with E-state index in [0.29, 0.717) is 0 Å². The zero-order valence-electron chi connectivity index (χ0n) is 10.6. The lowest BCUT2D eigenvalue weighted by Crippen LogP contribution is -2.09. The summed E-state index contributed by atoms with van der Waals surface area (Å²) in [5.74, 6) is 0. The van der Waals surface area contributed by atoms with E-state index in [4.69, 9.17) is 4.84 Å². The summed E-state index contributed by atoms with van der Waals surface area (Å²) in [5, 5.41) is 6.91. The van der Waals surface area contributed by atoms with Crippen LogP contribution in [0.15, 0.2) is 41.7 Å². The lowest BCUT2D eigenvalue weighted by molar-refractivity contribution is -0.141. The Labute approximate surface area is 113 Å². The molecule has 4 nitrogen and oxygen atoms in total. The fourth-order valence-electron chi connectivity index (χ4n) is 1.60. The van der Waals surface area contributed by atoms with Gasteiger partial charge in [0.15, 0.2) is 5.69 Å². The van der Waals surface area contributed by atoms with Crippen molar-refractivity contribution in [1.29, 1.82) is 0 Å². The van der Waals surface area contributed by atoms with Crippen LogP contribution in [0.2, 0.25) is 0 Å². The normalized spacial score (nSPS) is 12.0. The summed E-state index contributed by atoms with van der Waals surface area (Å²) in [6.45, 7) is 0.193. The molecule has 7 heteroatoms. The fraction of sp³-hybridized carbons (Fsp3) is 0.231. The number of rotatable bonds is 4. The van der Waals surface area contributed by atoms with Gasteiger partial charge < -0.3 is 4.84 Å². The Bertz CT molecular complexity index is 591. The first kappa shape index (κ1) is 14.1. The Balaban J connectivity index is 2.01. The highest BCUT2D eigenvalue weighted by atomic mass is 19.4. The Kier molecular flexibility index (Phi) is 4.07. The van der Waals surface area contributed by atoms with Crippen LogP contribution >= 0.6 is 0 Å². The maximum absolute atomic E-state index is 12.7. The summed E-state index contributed by atoms with van der Waals surface area (Å²) >= 11 is 0. The molecule has 106 valence electrons. The predicted molar refractivity (Wildman–Crippen MR) is 67.0 cm³/mol. The van der Waals surface area contributed by atoms with Gasteiger partial charge in [0.2, 0.25) is 0 Å². The first-order valence-corrected chi connectivity index (χ1v) is 5.77. The largest absolute Gasteiger partial charge is 0.435 e. The van der Waals surface area contributed by atoms with E-state index in [9.17, 15) is 13.2 Å². The third-order valence-electron chi connectivity index (χ3n) is 2.47. The van der Waals surface area contributed by atoms with Crippen LogP contribution in [0.3, 0.4) is 0 Å². The van der Waals surface area contributed by atoms with Crippen molar-refractivity contribution in [2.75, 3.05) is 0 Å². The number of nitrogens with zero attached hydrogens (tertiary/aromatic N) is 3. The lowest BCUT2D eigenvalue weighted by atomic mass is 10.2. The summed E-state index contributed by atoms with van der Waals surface area (Å²) < 4.78 is 39.1. The van der Waals surface area contributed by atoms with Gasteiger partial charge in [-0.25, -0.2) is 0 Å². The van der Waals surface area contributed by atoms with Gasteiger partial charge >= 0.3 is 6.18 Å². The summed E-state index contributed by atoms with van der Waals surface area (Å²) in [5.41, 5.74) is -0.230. The third-order valence-corrected chi connectivity index (χ3v) is 2.47. The average molecular weight is 283 g/mol. The van der Waals surface area contributed by atoms with Crippen molar-refractivity contribution in [3.05, 3.63) is 53.3 Å². The van der Waals surface area contributed by atoms with Crippen molar-refractivity contribution < 1.29 is 18.0 Å². The Morgan fingerprint density at radius 3 is 2.65 bits per heavy atom. The summed E-state index contributed by atoms with van der Waals surface area (Å²) in [6.07, 6.45) is -2.26. The number of hydrogen-bond acceptors (Lipinski definition) is 3. The first-order valence-electron chi connectivity index (χ1n) is 5.77. The fourth-order valence-corrected chi connectivity index (χ4v) is 1.60. The summed E-state index contributed by atoms with van der Waals surface area (Å²) in [4.78, 5) is 4.97. The minimum Gasteiger partial charge on any atom is -0.391 e. The molecule has 2 rings (SSSR count). The van der Waals surface area contributed by atoms with Gasteiger partial charge in [-0.1, -0.05) is 35.5 Å². The van der Waals surface area contributed by atoms with Gasteiger partial charge in [-0.2, -0.15) is 18.3 Å². The van der Waals surface area contributed by atoms with Crippen LogP contribution in [0.4, 0.5) is 13.2 Å². The van der Waals surface area contributed by atoms with E-state index in [1.54, 1.807) is 0 Å². The highest BCUT2D eigenvalue weighted by Crippen LogP contribution is 2.29. The van der Waals surface area contributed by atoms with Gasteiger partial charge in [0.1, 0.15) is 6.61 Å². The van der Waals surface area contributed by atoms with E-state index in [2.05, 4.69) is 10.3 Å². The molecule has 0 N–H and O–H groups in total. The van der Waals surface area contributed by atoms with E-state index in [1.165, 1.54) is 13.2 Å². The molecule has 0 bridgehead atoms. The lowest BCUT2D eigenvalue weighted by Gasteiger charge is -2.02. The maximum Gasteiger partial charge on any atom is 0.435 e. The molecule has 0 saturated carbocycles. The molecule has 0 aliphatic heterocycles. The van der Waals surface area contributed by atoms with Crippen LogP contribution in [0.5, 0.6) is 0 Å². The van der Waals surface area contributed by atoms with Gasteiger partial charge in [-0.3, -0.25) is 4.68 Å². The quantitative estimate of drug-likeness (QED) is 0.639. The number of alkyl halides is 3. The molecule has 1 aromatic carbocycles. The molecule has 0 radical (unpaired) electrons. The highest BCUT2D eigenvalue weighted by Gasteiger charge is 2.36.